The van der Waals surface area contributed by atoms with Gasteiger partial charge in [-0.05, 0) is 122 Å². The van der Waals surface area contributed by atoms with Crippen LogP contribution >= 0.6 is 0 Å². The third kappa shape index (κ3) is 68.0. The van der Waals surface area contributed by atoms with E-state index in [2.05, 4.69) is 154 Å². The Balaban J connectivity index is 4.28. The van der Waals surface area contributed by atoms with Crippen molar-refractivity contribution in [3.63, 3.8) is 0 Å². The summed E-state index contributed by atoms with van der Waals surface area (Å²) in [6.07, 6.45) is 100. The van der Waals surface area contributed by atoms with E-state index in [0.29, 0.717) is 12.8 Å². The fourth-order valence-corrected chi connectivity index (χ4v) is 9.28. The fraction of sp³-hybridized carbons (Fsp3) is 0.649. The molecule has 0 aromatic carbocycles. The van der Waals surface area contributed by atoms with Crippen molar-refractivity contribution in [2.75, 3.05) is 13.2 Å². The molecule has 83 heavy (non-hydrogen) atoms. The normalized spacial score (nSPS) is 13.0. The maximum Gasteiger partial charge on any atom is 0.309 e. The lowest BCUT2D eigenvalue weighted by molar-refractivity contribution is -0.166. The molecule has 0 rings (SSSR count). The standard InChI is InChI=1S/C77H126O6/c1-4-7-10-13-16-19-22-25-28-30-31-32-33-34-35-36-37-38-39-40-41-42-43-44-45-47-49-52-55-58-61-64-67-70-76(79)82-73-74(72-81-75(78)69-66-63-60-57-54-51-48-27-24-21-18-15-12-9-6-3)83-77(80)71-68-65-62-59-56-53-50-46-29-26-23-20-17-14-11-8-5-2/h7,9-10,12,16-21,25-29,31-32,34-35,48,54,57,63,66,74H,4-6,8,11,13-15,22-24,30,33,36-47,49-53,55-56,58-62,64-65,67-73H2,1-3H3/b10-7-,12-9-,19-16-,20-17-,21-18-,28-25-,29-26-,32-31-,35-34-,48-27-,57-54-,66-63-. The number of hydrogen-bond donors (Lipinski definition) is 0. The lowest BCUT2D eigenvalue weighted by Crippen LogP contribution is -2.30. The van der Waals surface area contributed by atoms with Gasteiger partial charge in [0.1, 0.15) is 13.2 Å². The average molecular weight is 1150 g/mol. The highest BCUT2D eigenvalue weighted by Gasteiger charge is 2.19. The molecule has 0 amide bonds. The second-order valence-electron chi connectivity index (χ2n) is 22.3. The second kappa shape index (κ2) is 69.8. The van der Waals surface area contributed by atoms with Gasteiger partial charge in [-0.1, -0.05) is 308 Å². The van der Waals surface area contributed by atoms with Gasteiger partial charge in [0.25, 0.3) is 0 Å². The van der Waals surface area contributed by atoms with Crippen molar-refractivity contribution >= 4 is 17.9 Å². The van der Waals surface area contributed by atoms with Crippen molar-refractivity contribution in [1.29, 1.82) is 0 Å². The average Bonchev–Trinajstić information content (AvgIpc) is 3.49. The van der Waals surface area contributed by atoms with E-state index in [4.69, 9.17) is 14.2 Å². The third-order valence-corrected chi connectivity index (χ3v) is 14.3. The number of esters is 3. The van der Waals surface area contributed by atoms with E-state index < -0.39 is 12.1 Å². The van der Waals surface area contributed by atoms with Crippen molar-refractivity contribution in [1.82, 2.24) is 0 Å². The molecule has 470 valence electrons. The molecule has 0 heterocycles. The Morgan fingerprint density at radius 3 is 0.843 bits per heavy atom. The molecule has 0 saturated heterocycles. The van der Waals surface area contributed by atoms with Crippen molar-refractivity contribution in [3.8, 4) is 0 Å². The topological polar surface area (TPSA) is 78.9 Å². The second-order valence-corrected chi connectivity index (χ2v) is 22.3. The molecule has 6 nitrogen and oxygen atoms in total. The highest BCUT2D eigenvalue weighted by atomic mass is 16.6. The first-order valence-corrected chi connectivity index (χ1v) is 34.3. The van der Waals surface area contributed by atoms with Crippen molar-refractivity contribution < 1.29 is 28.6 Å². The number of carbonyl (C=O) groups is 3. The van der Waals surface area contributed by atoms with Gasteiger partial charge in [-0.2, -0.15) is 0 Å². The van der Waals surface area contributed by atoms with Crippen LogP contribution in [0.25, 0.3) is 0 Å². The zero-order valence-electron chi connectivity index (χ0n) is 53.9. The summed E-state index contributed by atoms with van der Waals surface area (Å²) in [6.45, 7) is 6.31. The Kier molecular flexibility index (Phi) is 65.8. The van der Waals surface area contributed by atoms with Gasteiger partial charge in [0, 0.05) is 12.8 Å². The molecule has 0 bridgehead atoms. The summed E-state index contributed by atoms with van der Waals surface area (Å²) < 4.78 is 16.8. The van der Waals surface area contributed by atoms with Gasteiger partial charge < -0.3 is 14.2 Å². The maximum atomic E-state index is 12.9. The van der Waals surface area contributed by atoms with Crippen LogP contribution in [0.15, 0.2) is 146 Å². The zero-order chi connectivity index (χ0) is 59.9. The van der Waals surface area contributed by atoms with E-state index in [0.717, 1.165) is 116 Å². The van der Waals surface area contributed by atoms with Gasteiger partial charge in [0.15, 0.2) is 6.10 Å². The lowest BCUT2D eigenvalue weighted by Gasteiger charge is -2.18. The van der Waals surface area contributed by atoms with Crippen molar-refractivity contribution in [3.05, 3.63) is 146 Å². The predicted octanol–water partition coefficient (Wildman–Crippen LogP) is 23.9. The molecule has 0 aliphatic rings. The highest BCUT2D eigenvalue weighted by Crippen LogP contribution is 2.16. The minimum absolute atomic E-state index is 0.113. The number of hydrogen-bond acceptors (Lipinski definition) is 6. The van der Waals surface area contributed by atoms with E-state index >= 15 is 0 Å². The summed E-state index contributed by atoms with van der Waals surface area (Å²) in [6, 6.07) is 0. The Labute approximate surface area is 512 Å². The summed E-state index contributed by atoms with van der Waals surface area (Å²) in [7, 11) is 0. The summed E-state index contributed by atoms with van der Waals surface area (Å²) in [5.41, 5.74) is 0. The predicted molar refractivity (Wildman–Crippen MR) is 362 cm³/mol. The fourth-order valence-electron chi connectivity index (χ4n) is 9.28. The van der Waals surface area contributed by atoms with Crippen LogP contribution in [0.5, 0.6) is 0 Å². The Bertz CT molecular complexity index is 1800. The maximum absolute atomic E-state index is 12.9. The highest BCUT2D eigenvalue weighted by molar-refractivity contribution is 5.72. The third-order valence-electron chi connectivity index (χ3n) is 14.3. The molecule has 0 radical (unpaired) electrons. The number of carbonyl (C=O) groups excluding carboxylic acids is 3. The first-order chi connectivity index (χ1) is 41.0. The molecule has 0 aliphatic heterocycles. The molecule has 0 aromatic rings. The van der Waals surface area contributed by atoms with Gasteiger partial charge in [-0.3, -0.25) is 14.4 Å². The van der Waals surface area contributed by atoms with Gasteiger partial charge in [0.2, 0.25) is 0 Å². The molecule has 0 spiro atoms. The van der Waals surface area contributed by atoms with Gasteiger partial charge in [-0.15, -0.1) is 0 Å². The smallest absolute Gasteiger partial charge is 0.309 e. The number of rotatable bonds is 61. The molecule has 0 N–H and O–H groups in total. The lowest BCUT2D eigenvalue weighted by atomic mass is 10.0. The van der Waals surface area contributed by atoms with Crippen molar-refractivity contribution in [2.45, 2.75) is 309 Å². The first-order valence-electron chi connectivity index (χ1n) is 34.3. The van der Waals surface area contributed by atoms with E-state index in [1.807, 2.05) is 6.08 Å². The SMILES string of the molecule is CC/C=C\C/C=C\C/C=C\C/C=C\C/C=C\CCCCCCCCCCCCCCCCCCCC(=O)OCC(COC(=O)C/C=C\C/C=C\C/C=C\C/C=C\C/C=C\CC)OC(=O)CCCCCCCCC/C=C\C/C=C\CCCCC. The van der Waals surface area contributed by atoms with Crippen LogP contribution in [0.2, 0.25) is 0 Å². The van der Waals surface area contributed by atoms with Gasteiger partial charge >= 0.3 is 17.9 Å². The minimum Gasteiger partial charge on any atom is -0.462 e. The zero-order valence-corrected chi connectivity index (χ0v) is 53.9. The van der Waals surface area contributed by atoms with Crippen LogP contribution in [-0.4, -0.2) is 37.2 Å². The largest absolute Gasteiger partial charge is 0.462 e. The Hall–Kier alpha value is -4.71. The summed E-state index contributed by atoms with van der Waals surface area (Å²) in [5.74, 6) is -1.05. The molecule has 0 aromatic heterocycles. The number of unbranched alkanes of at least 4 members (excludes halogenated alkanes) is 27. The van der Waals surface area contributed by atoms with E-state index in [1.54, 1.807) is 6.08 Å². The van der Waals surface area contributed by atoms with E-state index in [1.165, 1.54) is 148 Å². The summed E-state index contributed by atoms with van der Waals surface area (Å²) in [5, 5.41) is 0. The molecule has 1 unspecified atom stereocenters. The summed E-state index contributed by atoms with van der Waals surface area (Å²) in [4.78, 5) is 38.3. The number of ether oxygens (including phenoxy) is 3. The molecule has 1 atom stereocenters. The quantitative estimate of drug-likeness (QED) is 0.0261. The Morgan fingerprint density at radius 1 is 0.265 bits per heavy atom. The monoisotopic (exact) mass is 1150 g/mol. The van der Waals surface area contributed by atoms with E-state index in [-0.39, 0.29) is 31.6 Å². The van der Waals surface area contributed by atoms with Crippen molar-refractivity contribution in [2.24, 2.45) is 0 Å². The molecular formula is C77H126O6. The molecular weight excluding hydrogens is 1020 g/mol. The van der Waals surface area contributed by atoms with E-state index in [9.17, 15) is 14.4 Å². The van der Waals surface area contributed by atoms with Crippen LogP contribution in [0, 0.1) is 0 Å². The first kappa shape index (κ1) is 78.3. The van der Waals surface area contributed by atoms with Gasteiger partial charge in [0.05, 0.1) is 6.42 Å². The molecule has 0 aliphatic carbocycles. The van der Waals surface area contributed by atoms with Crippen LogP contribution in [0.4, 0.5) is 0 Å². The van der Waals surface area contributed by atoms with Crippen LogP contribution in [0.3, 0.4) is 0 Å². The van der Waals surface area contributed by atoms with Crippen LogP contribution in [-0.2, 0) is 28.6 Å². The molecule has 6 heteroatoms. The summed E-state index contributed by atoms with van der Waals surface area (Å²) >= 11 is 0. The van der Waals surface area contributed by atoms with Crippen LogP contribution < -0.4 is 0 Å². The molecule has 0 fully saturated rings. The number of allylic oxidation sites excluding steroid dienone is 23. The van der Waals surface area contributed by atoms with Crippen LogP contribution in [0.1, 0.15) is 303 Å². The van der Waals surface area contributed by atoms with Gasteiger partial charge in [-0.25, -0.2) is 0 Å². The Morgan fingerprint density at radius 2 is 0.518 bits per heavy atom. The molecule has 0 saturated carbocycles. The minimum atomic E-state index is -0.827.